The van der Waals surface area contributed by atoms with Crippen molar-refractivity contribution in [2.45, 2.75) is 26.3 Å². The minimum Gasteiger partial charge on any atom is -0.326 e. The van der Waals surface area contributed by atoms with Gasteiger partial charge in [0, 0.05) is 18.7 Å². The lowest BCUT2D eigenvalue weighted by Gasteiger charge is -2.16. The van der Waals surface area contributed by atoms with Gasteiger partial charge in [0.05, 0.1) is 0 Å². The third-order valence-corrected chi connectivity index (χ3v) is 2.94. The molecule has 106 valence electrons. The van der Waals surface area contributed by atoms with Crippen LogP contribution in [0.25, 0.3) is 0 Å². The zero-order valence-corrected chi connectivity index (χ0v) is 12.4. The summed E-state index contributed by atoms with van der Waals surface area (Å²) < 4.78 is 0. The molecule has 0 fully saturated rings. The molecular formula is C15H25N3O. The quantitative estimate of drug-likeness (QED) is 0.742. The van der Waals surface area contributed by atoms with Crippen molar-refractivity contribution in [2.75, 3.05) is 32.5 Å². The van der Waals surface area contributed by atoms with Crippen LogP contribution >= 0.6 is 0 Å². The molecule has 0 aliphatic heterocycles. The van der Waals surface area contributed by atoms with Crippen molar-refractivity contribution in [1.29, 1.82) is 0 Å². The molecule has 0 radical (unpaired) electrons. The van der Waals surface area contributed by atoms with Gasteiger partial charge in [0.1, 0.15) is 0 Å². The van der Waals surface area contributed by atoms with Crippen molar-refractivity contribution in [3.63, 3.8) is 0 Å². The van der Waals surface area contributed by atoms with Gasteiger partial charge in [-0.05, 0) is 58.2 Å². The molecule has 0 aliphatic rings. The standard InChI is InChI=1S/C15H25N3O/c1-12(16-9-6-10-18(3)4)14-7-5-8-15(11-14)17-13(2)19/h5,7-8,11-12,16H,6,9-10H2,1-4H3,(H,17,19). The molecule has 0 heterocycles. The largest absolute Gasteiger partial charge is 0.326 e. The number of nitrogens with one attached hydrogen (secondary N) is 2. The highest BCUT2D eigenvalue weighted by molar-refractivity contribution is 5.88. The Labute approximate surface area is 116 Å². The van der Waals surface area contributed by atoms with Crippen LogP contribution in [0, 0.1) is 0 Å². The highest BCUT2D eigenvalue weighted by Crippen LogP contribution is 2.17. The normalized spacial score (nSPS) is 12.5. The number of hydrogen-bond donors (Lipinski definition) is 2. The summed E-state index contributed by atoms with van der Waals surface area (Å²) in [5.74, 6) is -0.0382. The third kappa shape index (κ3) is 6.36. The van der Waals surface area contributed by atoms with E-state index in [0.717, 1.165) is 25.2 Å². The highest BCUT2D eigenvalue weighted by Gasteiger charge is 2.05. The first kappa shape index (κ1) is 15.7. The van der Waals surface area contributed by atoms with Crippen LogP contribution < -0.4 is 10.6 Å². The molecule has 4 nitrogen and oxygen atoms in total. The van der Waals surface area contributed by atoms with E-state index in [4.69, 9.17) is 0 Å². The SMILES string of the molecule is CC(=O)Nc1cccc(C(C)NCCCN(C)C)c1. The lowest BCUT2D eigenvalue weighted by atomic mass is 10.1. The number of amides is 1. The van der Waals surface area contributed by atoms with Gasteiger partial charge < -0.3 is 15.5 Å². The van der Waals surface area contributed by atoms with Crippen molar-refractivity contribution in [3.05, 3.63) is 29.8 Å². The summed E-state index contributed by atoms with van der Waals surface area (Å²) in [4.78, 5) is 13.2. The maximum Gasteiger partial charge on any atom is 0.221 e. The summed E-state index contributed by atoms with van der Waals surface area (Å²) in [7, 11) is 4.17. The number of rotatable bonds is 7. The second-order valence-electron chi connectivity index (χ2n) is 5.14. The molecule has 19 heavy (non-hydrogen) atoms. The third-order valence-electron chi connectivity index (χ3n) is 2.94. The average Bonchev–Trinajstić information content (AvgIpc) is 2.33. The lowest BCUT2D eigenvalue weighted by molar-refractivity contribution is -0.114. The Hall–Kier alpha value is -1.39. The molecule has 0 saturated heterocycles. The molecule has 1 unspecified atom stereocenters. The van der Waals surface area contributed by atoms with Gasteiger partial charge in [-0.2, -0.15) is 0 Å². The number of carbonyl (C=O) groups excluding carboxylic acids is 1. The molecule has 0 saturated carbocycles. The number of nitrogens with zero attached hydrogens (tertiary/aromatic N) is 1. The Morgan fingerprint density at radius 2 is 2.11 bits per heavy atom. The maximum absolute atomic E-state index is 11.0. The van der Waals surface area contributed by atoms with Gasteiger partial charge in [-0.25, -0.2) is 0 Å². The minimum absolute atomic E-state index is 0.0382. The fraction of sp³-hybridized carbons (Fsp3) is 0.533. The smallest absolute Gasteiger partial charge is 0.221 e. The van der Waals surface area contributed by atoms with E-state index in [1.165, 1.54) is 12.5 Å². The van der Waals surface area contributed by atoms with Crippen molar-refractivity contribution in [3.8, 4) is 0 Å². The molecule has 2 N–H and O–H groups in total. The van der Waals surface area contributed by atoms with Gasteiger partial charge in [0.25, 0.3) is 0 Å². The predicted octanol–water partition coefficient (Wildman–Crippen LogP) is 2.25. The molecule has 0 bridgehead atoms. The van der Waals surface area contributed by atoms with Crippen LogP contribution in [0.4, 0.5) is 5.69 Å². The van der Waals surface area contributed by atoms with E-state index in [2.05, 4.69) is 42.6 Å². The number of anilines is 1. The molecule has 4 heteroatoms. The van der Waals surface area contributed by atoms with Gasteiger partial charge in [0.15, 0.2) is 0 Å². The number of carbonyl (C=O) groups is 1. The van der Waals surface area contributed by atoms with Crippen LogP contribution in [-0.2, 0) is 4.79 Å². The van der Waals surface area contributed by atoms with Gasteiger partial charge in [-0.1, -0.05) is 12.1 Å². The Balaban J connectivity index is 2.47. The van der Waals surface area contributed by atoms with Crippen LogP contribution in [0.3, 0.4) is 0 Å². The lowest BCUT2D eigenvalue weighted by Crippen LogP contribution is -2.23. The summed E-state index contributed by atoms with van der Waals surface area (Å²) in [5, 5.41) is 6.30. The van der Waals surface area contributed by atoms with E-state index < -0.39 is 0 Å². The predicted molar refractivity (Wildman–Crippen MR) is 80.3 cm³/mol. The minimum atomic E-state index is -0.0382. The molecule has 1 atom stereocenters. The first-order valence-corrected chi connectivity index (χ1v) is 6.74. The van der Waals surface area contributed by atoms with Crippen molar-refractivity contribution < 1.29 is 4.79 Å². The molecular weight excluding hydrogens is 238 g/mol. The Kier molecular flexibility index (Phi) is 6.53. The molecule has 1 amide bonds. The van der Waals surface area contributed by atoms with Gasteiger partial charge >= 0.3 is 0 Å². The van der Waals surface area contributed by atoms with Crippen LogP contribution in [0.15, 0.2) is 24.3 Å². The zero-order chi connectivity index (χ0) is 14.3. The Bertz CT molecular complexity index is 404. The molecule has 1 aromatic rings. The molecule has 0 spiro atoms. The van der Waals surface area contributed by atoms with Crippen LogP contribution in [0.1, 0.15) is 31.9 Å². The first-order chi connectivity index (χ1) is 8.99. The topological polar surface area (TPSA) is 44.4 Å². The monoisotopic (exact) mass is 263 g/mol. The van der Waals surface area contributed by atoms with Crippen molar-refractivity contribution in [2.24, 2.45) is 0 Å². The second-order valence-corrected chi connectivity index (χ2v) is 5.14. The van der Waals surface area contributed by atoms with E-state index in [1.54, 1.807) is 0 Å². The summed E-state index contributed by atoms with van der Waals surface area (Å²) in [6.45, 7) is 5.74. The average molecular weight is 263 g/mol. The Morgan fingerprint density at radius 1 is 1.37 bits per heavy atom. The fourth-order valence-corrected chi connectivity index (χ4v) is 1.92. The zero-order valence-electron chi connectivity index (χ0n) is 12.4. The summed E-state index contributed by atoms with van der Waals surface area (Å²) in [6.07, 6.45) is 1.13. The summed E-state index contributed by atoms with van der Waals surface area (Å²) in [6, 6.07) is 8.26. The van der Waals surface area contributed by atoms with Gasteiger partial charge in [-0.15, -0.1) is 0 Å². The first-order valence-electron chi connectivity index (χ1n) is 6.74. The van der Waals surface area contributed by atoms with E-state index in [1.807, 2.05) is 18.2 Å². The number of hydrogen-bond acceptors (Lipinski definition) is 3. The van der Waals surface area contributed by atoms with Crippen LogP contribution in [0.2, 0.25) is 0 Å². The van der Waals surface area contributed by atoms with Gasteiger partial charge in [-0.3, -0.25) is 4.79 Å². The molecule has 1 rings (SSSR count). The highest BCUT2D eigenvalue weighted by atomic mass is 16.1. The van der Waals surface area contributed by atoms with Gasteiger partial charge in [0.2, 0.25) is 5.91 Å². The molecule has 1 aromatic carbocycles. The van der Waals surface area contributed by atoms with Crippen molar-refractivity contribution in [1.82, 2.24) is 10.2 Å². The number of benzene rings is 1. The van der Waals surface area contributed by atoms with E-state index >= 15 is 0 Å². The second kappa shape index (κ2) is 7.92. The van der Waals surface area contributed by atoms with E-state index in [9.17, 15) is 4.79 Å². The fourth-order valence-electron chi connectivity index (χ4n) is 1.92. The molecule has 0 aromatic heterocycles. The summed E-state index contributed by atoms with van der Waals surface area (Å²) >= 11 is 0. The van der Waals surface area contributed by atoms with Crippen LogP contribution in [-0.4, -0.2) is 38.0 Å². The van der Waals surface area contributed by atoms with E-state index in [-0.39, 0.29) is 11.9 Å². The molecule has 0 aliphatic carbocycles. The summed E-state index contributed by atoms with van der Waals surface area (Å²) in [5.41, 5.74) is 2.04. The van der Waals surface area contributed by atoms with Crippen molar-refractivity contribution >= 4 is 11.6 Å². The Morgan fingerprint density at radius 3 is 2.74 bits per heavy atom. The van der Waals surface area contributed by atoms with Crippen LogP contribution in [0.5, 0.6) is 0 Å². The van der Waals surface area contributed by atoms with E-state index in [0.29, 0.717) is 0 Å². The maximum atomic E-state index is 11.0.